The van der Waals surface area contributed by atoms with E-state index in [4.69, 9.17) is 11.6 Å². The van der Waals surface area contributed by atoms with Gasteiger partial charge in [-0.05, 0) is 60.8 Å². The van der Waals surface area contributed by atoms with Crippen LogP contribution in [0.25, 0.3) is 10.1 Å². The maximum atomic E-state index is 12.8. The van der Waals surface area contributed by atoms with Gasteiger partial charge in [-0.3, -0.25) is 9.10 Å². The minimum absolute atomic E-state index is 0.127. The van der Waals surface area contributed by atoms with Crippen LogP contribution in [0.2, 0.25) is 5.02 Å². The lowest BCUT2D eigenvalue weighted by atomic mass is 10.2. The minimum Gasteiger partial charge on any atom is -0.352 e. The number of hydrogen-bond acceptors (Lipinski definition) is 4. The fraction of sp³-hybridized carbons (Fsp3) is 0.167. The molecule has 26 heavy (non-hydrogen) atoms. The SMILES string of the molecule is CCNC(=O)c1cc2cc(N(C)S(=O)(=O)c3ccc(Cl)cc3)ccc2s1. The number of benzene rings is 2. The van der Waals surface area contributed by atoms with Crippen molar-refractivity contribution in [2.75, 3.05) is 17.9 Å². The van der Waals surface area contributed by atoms with Crippen molar-refractivity contribution in [3.05, 3.63) is 58.4 Å². The summed E-state index contributed by atoms with van der Waals surface area (Å²) in [6.07, 6.45) is 0. The second-order valence-electron chi connectivity index (χ2n) is 5.62. The van der Waals surface area contributed by atoms with E-state index in [1.807, 2.05) is 13.0 Å². The van der Waals surface area contributed by atoms with Crippen molar-refractivity contribution in [2.45, 2.75) is 11.8 Å². The molecule has 0 aliphatic heterocycles. The molecule has 3 rings (SSSR count). The van der Waals surface area contributed by atoms with Gasteiger partial charge in [0, 0.05) is 23.3 Å². The van der Waals surface area contributed by atoms with Crippen LogP contribution < -0.4 is 9.62 Å². The number of nitrogens with one attached hydrogen (secondary N) is 1. The first-order valence-corrected chi connectivity index (χ1v) is 10.5. The van der Waals surface area contributed by atoms with Crippen molar-refractivity contribution >= 4 is 54.6 Å². The second kappa shape index (κ2) is 7.26. The quantitative estimate of drug-likeness (QED) is 0.690. The van der Waals surface area contributed by atoms with E-state index in [0.29, 0.717) is 22.1 Å². The van der Waals surface area contributed by atoms with Crippen LogP contribution in [0.1, 0.15) is 16.6 Å². The average Bonchev–Trinajstić information content (AvgIpc) is 3.05. The number of carbonyl (C=O) groups is 1. The van der Waals surface area contributed by atoms with Crippen molar-refractivity contribution < 1.29 is 13.2 Å². The maximum Gasteiger partial charge on any atom is 0.264 e. The maximum absolute atomic E-state index is 12.8. The van der Waals surface area contributed by atoms with E-state index >= 15 is 0 Å². The van der Waals surface area contributed by atoms with Gasteiger partial charge in [-0.2, -0.15) is 0 Å². The Morgan fingerprint density at radius 3 is 2.50 bits per heavy atom. The molecular formula is C18H17ClN2O3S2. The molecule has 0 spiro atoms. The zero-order valence-corrected chi connectivity index (χ0v) is 16.6. The monoisotopic (exact) mass is 408 g/mol. The molecule has 136 valence electrons. The topological polar surface area (TPSA) is 66.5 Å². The highest BCUT2D eigenvalue weighted by atomic mass is 35.5. The average molecular weight is 409 g/mol. The van der Waals surface area contributed by atoms with E-state index in [1.165, 1.54) is 34.8 Å². The van der Waals surface area contributed by atoms with Crippen LogP contribution in [-0.2, 0) is 10.0 Å². The zero-order valence-electron chi connectivity index (χ0n) is 14.2. The summed E-state index contributed by atoms with van der Waals surface area (Å²) in [6, 6.07) is 13.1. The number of hydrogen-bond donors (Lipinski definition) is 1. The number of nitrogens with zero attached hydrogens (tertiary/aromatic N) is 1. The molecule has 8 heteroatoms. The van der Waals surface area contributed by atoms with Crippen molar-refractivity contribution in [1.82, 2.24) is 5.32 Å². The van der Waals surface area contributed by atoms with Gasteiger partial charge in [-0.25, -0.2) is 8.42 Å². The summed E-state index contributed by atoms with van der Waals surface area (Å²) in [5.41, 5.74) is 0.521. The highest BCUT2D eigenvalue weighted by molar-refractivity contribution is 7.92. The number of rotatable bonds is 5. The highest BCUT2D eigenvalue weighted by Gasteiger charge is 2.22. The van der Waals surface area contributed by atoms with E-state index < -0.39 is 10.0 Å². The third kappa shape index (κ3) is 3.56. The van der Waals surface area contributed by atoms with Crippen LogP contribution in [0.3, 0.4) is 0 Å². The molecule has 0 atom stereocenters. The predicted molar refractivity (Wildman–Crippen MR) is 107 cm³/mol. The zero-order chi connectivity index (χ0) is 18.9. The Hall–Kier alpha value is -2.09. The molecule has 5 nitrogen and oxygen atoms in total. The number of amides is 1. The highest BCUT2D eigenvalue weighted by Crippen LogP contribution is 2.31. The summed E-state index contributed by atoms with van der Waals surface area (Å²) in [7, 11) is -2.19. The van der Waals surface area contributed by atoms with Gasteiger partial charge in [-0.15, -0.1) is 11.3 Å². The van der Waals surface area contributed by atoms with Gasteiger partial charge in [-0.1, -0.05) is 11.6 Å². The molecule has 1 heterocycles. The molecule has 0 saturated carbocycles. The van der Waals surface area contributed by atoms with Crippen molar-refractivity contribution in [3.8, 4) is 0 Å². The lowest BCUT2D eigenvalue weighted by Gasteiger charge is -2.19. The van der Waals surface area contributed by atoms with Crippen LogP contribution in [0.5, 0.6) is 0 Å². The Morgan fingerprint density at radius 2 is 1.85 bits per heavy atom. The van der Waals surface area contributed by atoms with E-state index in [-0.39, 0.29) is 10.8 Å². The van der Waals surface area contributed by atoms with E-state index in [1.54, 1.807) is 30.3 Å². The van der Waals surface area contributed by atoms with Crippen LogP contribution in [0, 0.1) is 0 Å². The summed E-state index contributed by atoms with van der Waals surface area (Å²) in [5, 5.41) is 4.07. The van der Waals surface area contributed by atoms with E-state index in [9.17, 15) is 13.2 Å². The van der Waals surface area contributed by atoms with Crippen LogP contribution in [-0.4, -0.2) is 27.9 Å². The van der Waals surface area contributed by atoms with Crippen LogP contribution in [0.4, 0.5) is 5.69 Å². The minimum atomic E-state index is -3.70. The molecule has 1 N–H and O–H groups in total. The van der Waals surface area contributed by atoms with Gasteiger partial charge in [0.05, 0.1) is 15.5 Å². The van der Waals surface area contributed by atoms with Gasteiger partial charge >= 0.3 is 0 Å². The molecule has 1 aromatic heterocycles. The first kappa shape index (κ1) is 18.7. The number of carbonyl (C=O) groups excluding carboxylic acids is 1. The molecule has 2 aromatic carbocycles. The first-order chi connectivity index (χ1) is 12.3. The molecule has 0 fully saturated rings. The predicted octanol–water partition coefficient (Wildman–Crippen LogP) is 4.13. The smallest absolute Gasteiger partial charge is 0.264 e. The number of thiophene rings is 1. The van der Waals surface area contributed by atoms with Gasteiger partial charge in [0.2, 0.25) is 0 Å². The van der Waals surface area contributed by atoms with Crippen molar-refractivity contribution in [2.24, 2.45) is 0 Å². The molecule has 0 aliphatic rings. The van der Waals surface area contributed by atoms with Crippen LogP contribution in [0.15, 0.2) is 53.4 Å². The molecule has 0 unspecified atom stereocenters. The van der Waals surface area contributed by atoms with Crippen molar-refractivity contribution in [1.29, 1.82) is 0 Å². The molecule has 0 radical (unpaired) electrons. The van der Waals surface area contributed by atoms with E-state index in [0.717, 1.165) is 10.1 Å². The number of anilines is 1. The second-order valence-corrected chi connectivity index (χ2v) is 9.11. The molecule has 3 aromatic rings. The van der Waals surface area contributed by atoms with Gasteiger partial charge in [0.15, 0.2) is 0 Å². The molecular weight excluding hydrogens is 392 g/mol. The Balaban J connectivity index is 1.96. The Morgan fingerprint density at radius 1 is 1.15 bits per heavy atom. The third-order valence-corrected chi connectivity index (χ3v) is 7.06. The summed E-state index contributed by atoms with van der Waals surface area (Å²) in [6.45, 7) is 2.42. The number of fused-ring (bicyclic) bond motifs is 1. The summed E-state index contributed by atoms with van der Waals surface area (Å²) in [5.74, 6) is -0.127. The number of halogens is 1. The lowest BCUT2D eigenvalue weighted by molar-refractivity contribution is 0.0960. The molecule has 1 amide bonds. The van der Waals surface area contributed by atoms with Crippen molar-refractivity contribution in [3.63, 3.8) is 0 Å². The molecule has 0 aliphatic carbocycles. The van der Waals surface area contributed by atoms with Gasteiger partial charge < -0.3 is 5.32 Å². The third-order valence-electron chi connectivity index (χ3n) is 3.90. The number of sulfonamides is 1. The normalized spacial score (nSPS) is 11.5. The Bertz CT molecular complexity index is 1060. The Kier molecular flexibility index (Phi) is 5.22. The fourth-order valence-corrected chi connectivity index (χ4v) is 4.76. The van der Waals surface area contributed by atoms with E-state index in [2.05, 4.69) is 5.32 Å². The summed E-state index contributed by atoms with van der Waals surface area (Å²) in [4.78, 5) is 12.8. The summed E-state index contributed by atoms with van der Waals surface area (Å²) < 4.78 is 27.7. The Labute approximate surface area is 161 Å². The first-order valence-electron chi connectivity index (χ1n) is 7.89. The van der Waals surface area contributed by atoms with Gasteiger partial charge in [0.1, 0.15) is 0 Å². The molecule has 0 bridgehead atoms. The van der Waals surface area contributed by atoms with Gasteiger partial charge in [0.25, 0.3) is 15.9 Å². The molecule has 0 saturated heterocycles. The standard InChI is InChI=1S/C18H17ClN2O3S2/c1-3-20-18(22)17-11-12-10-14(6-9-16(12)25-17)21(2)26(23,24)15-7-4-13(19)5-8-15/h4-11H,3H2,1-2H3,(H,20,22). The lowest BCUT2D eigenvalue weighted by Crippen LogP contribution is -2.26. The fourth-order valence-electron chi connectivity index (χ4n) is 2.49. The van der Waals surface area contributed by atoms with Crippen LogP contribution >= 0.6 is 22.9 Å². The largest absolute Gasteiger partial charge is 0.352 e. The summed E-state index contributed by atoms with van der Waals surface area (Å²) >= 11 is 7.21.